The van der Waals surface area contributed by atoms with Crippen molar-refractivity contribution < 1.29 is 14.1 Å². The van der Waals surface area contributed by atoms with E-state index in [-0.39, 0.29) is 30.3 Å². The lowest BCUT2D eigenvalue weighted by Crippen LogP contribution is -2.00. The summed E-state index contributed by atoms with van der Waals surface area (Å²) in [5.41, 5.74) is 2.20. The summed E-state index contributed by atoms with van der Waals surface area (Å²) in [6.45, 7) is 0.432. The lowest BCUT2D eigenvalue weighted by Gasteiger charge is -2.12. The van der Waals surface area contributed by atoms with Crippen molar-refractivity contribution in [1.29, 1.82) is 0 Å². The van der Waals surface area contributed by atoms with Crippen molar-refractivity contribution in [1.82, 2.24) is 20.3 Å². The molecule has 0 saturated carbocycles. The fraction of sp³-hybridized carbons (Fsp3) is 0.143. The van der Waals surface area contributed by atoms with Crippen molar-refractivity contribution in [3.63, 3.8) is 0 Å². The number of anilines is 2. The van der Waals surface area contributed by atoms with Gasteiger partial charge in [-0.15, -0.1) is 11.5 Å². The van der Waals surface area contributed by atoms with Crippen molar-refractivity contribution in [2.75, 3.05) is 19.0 Å². The summed E-state index contributed by atoms with van der Waals surface area (Å²) in [5.74, 6) is 4.25. The second-order valence-electron chi connectivity index (χ2n) is 6.44. The molecule has 0 aliphatic heterocycles. The summed E-state index contributed by atoms with van der Waals surface area (Å²) in [6, 6.07) is 11.5. The third-order valence-corrected chi connectivity index (χ3v) is 5.73. The van der Waals surface area contributed by atoms with Crippen LogP contribution in [0.3, 0.4) is 0 Å². The monoisotopic (exact) mass is 667 g/mol. The lowest BCUT2D eigenvalue weighted by atomic mass is 10.2. The maximum atomic E-state index is 5.58. The van der Waals surface area contributed by atoms with Crippen molar-refractivity contribution in [3.05, 3.63) is 49.1 Å². The van der Waals surface area contributed by atoms with Crippen LogP contribution in [-0.2, 0) is 6.54 Å². The van der Waals surface area contributed by atoms with Crippen LogP contribution in [0.4, 0.5) is 17.3 Å². The minimum atomic E-state index is 0.153. The molecule has 0 aliphatic carbocycles. The Kier molecular flexibility index (Phi) is 7.50. The predicted octanol–water partition coefficient (Wildman–Crippen LogP) is 5.27. The molecule has 2 aromatic heterocycles. The van der Waals surface area contributed by atoms with Gasteiger partial charge in [-0.3, -0.25) is 0 Å². The molecule has 10 nitrogen and oxygen atoms in total. The molecular weight excluding hydrogens is 652 g/mol. The first kappa shape index (κ1) is 23.1. The van der Waals surface area contributed by atoms with Crippen molar-refractivity contribution in [2.45, 2.75) is 6.54 Å². The number of terminal acetylenes is 1. The number of methoxy groups -OCH3 is 1. The maximum absolute atomic E-state index is 5.58. The Morgan fingerprint density at radius 3 is 2.61 bits per heavy atom. The van der Waals surface area contributed by atoms with Gasteiger partial charge in [-0.1, -0.05) is 5.92 Å². The second-order valence-corrected chi connectivity index (χ2v) is 8.85. The van der Waals surface area contributed by atoms with Crippen LogP contribution in [0.25, 0.3) is 11.3 Å². The van der Waals surface area contributed by atoms with E-state index in [1.807, 2.05) is 36.4 Å². The van der Waals surface area contributed by atoms with E-state index in [0.29, 0.717) is 17.3 Å². The third kappa shape index (κ3) is 5.66. The molecule has 0 aliphatic rings. The summed E-state index contributed by atoms with van der Waals surface area (Å²) in [4.78, 5) is 8.77. The van der Waals surface area contributed by atoms with E-state index >= 15 is 0 Å². The molecule has 0 saturated heterocycles. The Morgan fingerprint density at radius 1 is 1.12 bits per heavy atom. The van der Waals surface area contributed by atoms with Gasteiger partial charge in [0.15, 0.2) is 17.3 Å². The van der Waals surface area contributed by atoms with Gasteiger partial charge in [0.2, 0.25) is 17.1 Å². The van der Waals surface area contributed by atoms with Gasteiger partial charge in [0.25, 0.3) is 0 Å². The number of benzene rings is 2. The highest BCUT2D eigenvalue weighted by atomic mass is 127. The highest BCUT2D eigenvalue weighted by Crippen LogP contribution is 2.34. The van der Waals surface area contributed by atoms with Gasteiger partial charge in [-0.25, -0.2) is 9.61 Å². The van der Waals surface area contributed by atoms with E-state index in [0.717, 1.165) is 18.4 Å². The average Bonchev–Trinajstić information content (AvgIpc) is 3.27. The molecule has 4 rings (SSSR count). The fourth-order valence-electron chi connectivity index (χ4n) is 2.76. The summed E-state index contributed by atoms with van der Waals surface area (Å²) in [6.07, 6.45) is 5.29. The summed E-state index contributed by atoms with van der Waals surface area (Å²) in [5, 5.41) is 19.3. The van der Waals surface area contributed by atoms with Gasteiger partial charge in [-0.05, 0) is 97.5 Å². The molecule has 0 fully saturated rings. The summed E-state index contributed by atoms with van der Waals surface area (Å²) in [7, 11) is 1.57. The molecule has 1 N–H and O–H groups in total. The minimum Gasteiger partial charge on any atom is -0.493 e. The molecular formula is C21H15I2N7O3. The second kappa shape index (κ2) is 10.7. The number of hydrogen-bond donors (Lipinski definition) is 1. The molecule has 2 heterocycles. The number of azo groups is 1. The smallest absolute Gasteiger partial charge is 0.245 e. The molecule has 0 radical (unpaired) electrons. The van der Waals surface area contributed by atoms with Crippen LogP contribution < -0.4 is 14.8 Å². The first-order valence-corrected chi connectivity index (χ1v) is 11.6. The van der Waals surface area contributed by atoms with Gasteiger partial charge in [0.1, 0.15) is 6.61 Å². The first-order valence-electron chi connectivity index (χ1n) is 9.40. The zero-order chi connectivity index (χ0) is 23.2. The molecule has 4 aromatic rings. The summed E-state index contributed by atoms with van der Waals surface area (Å²) >= 11 is 4.40. The third-order valence-electron chi connectivity index (χ3n) is 4.21. The SMILES string of the molecule is C#CCOc1c(I)cc(CN=Nc2nc3nonc3nc2Nc2ccc(I)cc2)cc1OC. The van der Waals surface area contributed by atoms with Crippen LogP contribution in [0.2, 0.25) is 0 Å². The largest absolute Gasteiger partial charge is 0.493 e. The molecule has 12 heteroatoms. The zero-order valence-corrected chi connectivity index (χ0v) is 21.4. The number of hydrogen-bond acceptors (Lipinski definition) is 10. The van der Waals surface area contributed by atoms with E-state index in [1.54, 1.807) is 7.11 Å². The van der Waals surface area contributed by atoms with Crippen LogP contribution in [-0.4, -0.2) is 34.0 Å². The Labute approximate surface area is 215 Å². The molecule has 0 atom stereocenters. The van der Waals surface area contributed by atoms with E-state index in [1.165, 1.54) is 0 Å². The molecule has 0 unspecified atom stereocenters. The number of ether oxygens (including phenoxy) is 2. The van der Waals surface area contributed by atoms with Crippen molar-refractivity contribution in [2.24, 2.45) is 10.2 Å². The highest BCUT2D eigenvalue weighted by Gasteiger charge is 2.14. The number of nitrogens with zero attached hydrogens (tertiary/aromatic N) is 6. The summed E-state index contributed by atoms with van der Waals surface area (Å²) < 4.78 is 17.7. The number of fused-ring (bicyclic) bond motifs is 1. The molecule has 166 valence electrons. The highest BCUT2D eigenvalue weighted by molar-refractivity contribution is 14.1. The average molecular weight is 667 g/mol. The lowest BCUT2D eigenvalue weighted by molar-refractivity contribution is 0.314. The Morgan fingerprint density at radius 2 is 1.88 bits per heavy atom. The van der Waals surface area contributed by atoms with Gasteiger partial charge in [0, 0.05) is 9.26 Å². The van der Waals surface area contributed by atoms with E-state index in [2.05, 4.69) is 86.9 Å². The van der Waals surface area contributed by atoms with Crippen LogP contribution in [0, 0.1) is 19.5 Å². The fourth-order valence-corrected chi connectivity index (χ4v) is 3.94. The standard InChI is InChI=1S/C21H15I2N7O3/c1-3-8-32-17-15(23)9-12(10-16(17)31-2)11-24-28-19-18(25-14-6-4-13(22)5-7-14)26-20-21(27-19)30-33-29-20/h1,4-7,9-10H,8,11H2,2H3,(H,25,26,29). The molecule has 0 bridgehead atoms. The number of nitrogens with one attached hydrogen (secondary N) is 1. The van der Waals surface area contributed by atoms with E-state index in [4.69, 9.17) is 20.5 Å². The predicted molar refractivity (Wildman–Crippen MR) is 138 cm³/mol. The zero-order valence-electron chi connectivity index (χ0n) is 17.1. The molecule has 2 aromatic carbocycles. The Bertz CT molecular complexity index is 1350. The number of rotatable bonds is 8. The van der Waals surface area contributed by atoms with Gasteiger partial charge in [0.05, 0.1) is 17.2 Å². The molecule has 0 amide bonds. The van der Waals surface area contributed by atoms with Crippen molar-refractivity contribution in [3.8, 4) is 23.8 Å². The Hall–Kier alpha value is -3.06. The van der Waals surface area contributed by atoms with E-state index in [9.17, 15) is 0 Å². The maximum Gasteiger partial charge on any atom is 0.245 e. The first-order chi connectivity index (χ1) is 16.1. The number of aromatic nitrogens is 4. The van der Waals surface area contributed by atoms with Crippen LogP contribution >= 0.6 is 45.2 Å². The molecule has 33 heavy (non-hydrogen) atoms. The van der Waals surface area contributed by atoms with Crippen molar-refractivity contribution >= 4 is 73.8 Å². The van der Waals surface area contributed by atoms with E-state index < -0.39 is 0 Å². The Balaban J connectivity index is 1.59. The van der Waals surface area contributed by atoms with Gasteiger partial charge in [-0.2, -0.15) is 10.1 Å². The molecule has 0 spiro atoms. The van der Waals surface area contributed by atoms with Gasteiger partial charge >= 0.3 is 0 Å². The van der Waals surface area contributed by atoms with Crippen LogP contribution in [0.1, 0.15) is 5.56 Å². The topological polar surface area (TPSA) is 120 Å². The number of halogens is 2. The normalized spacial score (nSPS) is 11.0. The minimum absolute atomic E-state index is 0.153. The van der Waals surface area contributed by atoms with Crippen LogP contribution in [0.5, 0.6) is 11.5 Å². The van der Waals surface area contributed by atoms with Crippen LogP contribution in [0.15, 0.2) is 51.3 Å². The van der Waals surface area contributed by atoms with Gasteiger partial charge < -0.3 is 14.8 Å². The quantitative estimate of drug-likeness (QED) is 0.154.